The maximum atomic E-state index is 12.4. The first-order valence-corrected chi connectivity index (χ1v) is 8.89. The van der Waals surface area contributed by atoms with E-state index in [1.807, 2.05) is 18.2 Å². The second kappa shape index (κ2) is 6.80. The zero-order valence-corrected chi connectivity index (χ0v) is 14.7. The molecule has 0 atom stereocenters. The van der Waals surface area contributed by atoms with E-state index in [9.17, 15) is 9.90 Å². The summed E-state index contributed by atoms with van der Waals surface area (Å²) in [6.45, 7) is 3.19. The quantitative estimate of drug-likeness (QED) is 0.661. The summed E-state index contributed by atoms with van der Waals surface area (Å²) in [5.41, 5.74) is 4.35. The van der Waals surface area contributed by atoms with Crippen LogP contribution in [0.25, 0.3) is 22.0 Å². The summed E-state index contributed by atoms with van der Waals surface area (Å²) in [5, 5.41) is 20.6. The summed E-state index contributed by atoms with van der Waals surface area (Å²) < 4.78 is 0. The number of hydrogen-bond donors (Lipinski definition) is 3. The number of carbonyl (C=O) groups excluding carboxylic acids is 1. The lowest BCUT2D eigenvalue weighted by atomic mass is 10.0. The van der Waals surface area contributed by atoms with Crippen molar-refractivity contribution in [1.29, 1.82) is 0 Å². The van der Waals surface area contributed by atoms with Crippen LogP contribution >= 0.6 is 0 Å². The average Bonchev–Trinajstić information content (AvgIpc) is 3.05. The van der Waals surface area contributed by atoms with Gasteiger partial charge in [0.25, 0.3) is 0 Å². The molecule has 26 heavy (non-hydrogen) atoms. The van der Waals surface area contributed by atoms with Gasteiger partial charge in [0, 0.05) is 18.5 Å². The third-order valence-electron chi connectivity index (χ3n) is 4.92. The van der Waals surface area contributed by atoms with Gasteiger partial charge in [0.1, 0.15) is 0 Å². The highest BCUT2D eigenvalue weighted by atomic mass is 16.3. The molecule has 2 amide bonds. The van der Waals surface area contributed by atoms with Crippen LogP contribution in [0.15, 0.2) is 42.5 Å². The molecule has 1 aromatic heterocycles. The van der Waals surface area contributed by atoms with Crippen molar-refractivity contribution in [2.24, 2.45) is 0 Å². The molecule has 1 saturated heterocycles. The van der Waals surface area contributed by atoms with E-state index in [1.54, 1.807) is 4.90 Å². The van der Waals surface area contributed by atoms with Gasteiger partial charge in [0.05, 0.1) is 11.6 Å². The van der Waals surface area contributed by atoms with Crippen molar-refractivity contribution in [3.05, 3.63) is 48.0 Å². The number of aliphatic hydroxyl groups is 1. The summed E-state index contributed by atoms with van der Waals surface area (Å²) in [4.78, 5) is 14.1. The van der Waals surface area contributed by atoms with Crippen molar-refractivity contribution in [3.8, 4) is 11.1 Å². The molecular formula is C20H22N4O2. The van der Waals surface area contributed by atoms with Crippen LogP contribution in [0.5, 0.6) is 0 Å². The number of likely N-dealkylation sites (tertiary alicyclic amines) is 1. The van der Waals surface area contributed by atoms with Crippen LogP contribution in [0.4, 0.5) is 10.6 Å². The Hall–Kier alpha value is -2.86. The predicted molar refractivity (Wildman–Crippen MR) is 102 cm³/mol. The fourth-order valence-electron chi connectivity index (χ4n) is 3.29. The number of nitrogens with zero attached hydrogens (tertiary/aromatic N) is 2. The monoisotopic (exact) mass is 350 g/mol. The number of aromatic amines is 1. The smallest absolute Gasteiger partial charge is 0.323 e. The minimum Gasteiger partial charge on any atom is -0.393 e. The minimum atomic E-state index is -0.301. The van der Waals surface area contributed by atoms with Crippen molar-refractivity contribution < 1.29 is 9.90 Å². The Bertz CT molecular complexity index is 925. The Morgan fingerprint density at radius 1 is 1.15 bits per heavy atom. The number of aryl methyl sites for hydroxylation is 1. The number of hydrogen-bond acceptors (Lipinski definition) is 3. The van der Waals surface area contributed by atoms with E-state index in [1.165, 1.54) is 5.56 Å². The van der Waals surface area contributed by atoms with E-state index in [0.717, 1.165) is 22.0 Å². The molecule has 6 heteroatoms. The van der Waals surface area contributed by atoms with Crippen LogP contribution in [-0.2, 0) is 0 Å². The molecule has 0 bridgehead atoms. The minimum absolute atomic E-state index is 0.173. The lowest BCUT2D eigenvalue weighted by molar-refractivity contribution is 0.0972. The summed E-state index contributed by atoms with van der Waals surface area (Å²) in [7, 11) is 0. The molecule has 134 valence electrons. The molecular weight excluding hydrogens is 328 g/mol. The highest BCUT2D eigenvalue weighted by Gasteiger charge is 2.22. The third-order valence-corrected chi connectivity index (χ3v) is 4.92. The van der Waals surface area contributed by atoms with Gasteiger partial charge in [0.15, 0.2) is 5.82 Å². The molecule has 2 aromatic carbocycles. The van der Waals surface area contributed by atoms with Crippen LogP contribution in [0.2, 0.25) is 0 Å². The molecule has 3 N–H and O–H groups in total. The Balaban J connectivity index is 1.54. The van der Waals surface area contributed by atoms with Crippen LogP contribution < -0.4 is 5.32 Å². The zero-order chi connectivity index (χ0) is 18.1. The lowest BCUT2D eigenvalue weighted by Gasteiger charge is -2.29. The maximum absolute atomic E-state index is 12.4. The third kappa shape index (κ3) is 3.28. The van der Waals surface area contributed by atoms with Crippen LogP contribution in [0, 0.1) is 6.92 Å². The Morgan fingerprint density at radius 3 is 2.58 bits per heavy atom. The van der Waals surface area contributed by atoms with Gasteiger partial charge in [0.2, 0.25) is 0 Å². The summed E-state index contributed by atoms with van der Waals surface area (Å²) in [6.07, 6.45) is 0.939. The van der Waals surface area contributed by atoms with E-state index in [4.69, 9.17) is 0 Å². The number of urea groups is 1. The molecule has 2 heterocycles. The number of fused-ring (bicyclic) bond motifs is 1. The molecule has 0 aliphatic carbocycles. The molecule has 4 rings (SSSR count). The topological polar surface area (TPSA) is 81.2 Å². The van der Waals surface area contributed by atoms with Gasteiger partial charge < -0.3 is 10.0 Å². The second-order valence-electron chi connectivity index (χ2n) is 6.85. The number of piperidine rings is 1. The van der Waals surface area contributed by atoms with Crippen LogP contribution in [0.1, 0.15) is 18.4 Å². The number of nitrogens with one attached hydrogen (secondary N) is 2. The predicted octanol–water partition coefficient (Wildman–Crippen LogP) is 3.53. The number of H-pyrrole nitrogens is 1. The highest BCUT2D eigenvalue weighted by Crippen LogP contribution is 2.27. The molecule has 3 aromatic rings. The van der Waals surface area contributed by atoms with Crippen molar-refractivity contribution in [3.63, 3.8) is 0 Å². The van der Waals surface area contributed by atoms with Crippen LogP contribution in [0.3, 0.4) is 0 Å². The summed E-state index contributed by atoms with van der Waals surface area (Å²) >= 11 is 0. The van der Waals surface area contributed by atoms with E-state index in [0.29, 0.717) is 31.7 Å². The average molecular weight is 350 g/mol. The number of carbonyl (C=O) groups is 1. The Kier molecular flexibility index (Phi) is 4.34. The van der Waals surface area contributed by atoms with Gasteiger partial charge in [-0.25, -0.2) is 4.79 Å². The van der Waals surface area contributed by atoms with E-state index >= 15 is 0 Å². The van der Waals surface area contributed by atoms with E-state index in [2.05, 4.69) is 46.7 Å². The Labute approximate surface area is 151 Å². The molecule has 0 radical (unpaired) electrons. The van der Waals surface area contributed by atoms with Crippen molar-refractivity contribution in [2.45, 2.75) is 25.9 Å². The highest BCUT2D eigenvalue weighted by molar-refractivity contribution is 6.00. The number of amides is 2. The standard InChI is InChI=1S/C20H22N4O2/c1-13-2-4-14(5-3-13)15-6-7-17-18(12-15)22-23-19(17)21-20(26)24-10-8-16(25)9-11-24/h2-7,12,16,25H,8-11H2,1H3,(H2,21,22,23,26). The molecule has 0 spiro atoms. The van der Waals surface area contributed by atoms with E-state index in [-0.39, 0.29) is 12.1 Å². The zero-order valence-electron chi connectivity index (χ0n) is 14.7. The van der Waals surface area contributed by atoms with Gasteiger partial charge in [-0.15, -0.1) is 0 Å². The fraction of sp³-hybridized carbons (Fsp3) is 0.300. The largest absolute Gasteiger partial charge is 0.393 e. The summed E-state index contributed by atoms with van der Waals surface area (Å²) in [6, 6.07) is 14.3. The van der Waals surface area contributed by atoms with Gasteiger partial charge in [-0.1, -0.05) is 35.9 Å². The number of anilines is 1. The first-order chi connectivity index (χ1) is 12.6. The fourth-order valence-corrected chi connectivity index (χ4v) is 3.29. The van der Waals surface area contributed by atoms with Gasteiger partial charge in [-0.05, 0) is 43.0 Å². The van der Waals surface area contributed by atoms with E-state index < -0.39 is 0 Å². The molecule has 1 aliphatic rings. The number of aromatic nitrogens is 2. The SMILES string of the molecule is Cc1ccc(-c2ccc3c(NC(=O)N4CCC(O)CC4)n[nH]c3c2)cc1. The number of rotatable bonds is 2. The maximum Gasteiger partial charge on any atom is 0.323 e. The van der Waals surface area contributed by atoms with Gasteiger partial charge >= 0.3 is 6.03 Å². The second-order valence-corrected chi connectivity index (χ2v) is 6.85. The molecule has 0 saturated carbocycles. The van der Waals surface area contributed by atoms with Gasteiger partial charge in [-0.3, -0.25) is 10.4 Å². The molecule has 1 aliphatic heterocycles. The first-order valence-electron chi connectivity index (χ1n) is 8.89. The number of benzene rings is 2. The first kappa shape index (κ1) is 16.6. The number of aliphatic hydroxyl groups excluding tert-OH is 1. The Morgan fingerprint density at radius 2 is 1.85 bits per heavy atom. The van der Waals surface area contributed by atoms with Crippen molar-refractivity contribution in [2.75, 3.05) is 18.4 Å². The van der Waals surface area contributed by atoms with Crippen molar-refractivity contribution in [1.82, 2.24) is 15.1 Å². The van der Waals surface area contributed by atoms with Crippen LogP contribution in [-0.4, -0.2) is 45.4 Å². The normalized spacial score (nSPS) is 15.4. The van der Waals surface area contributed by atoms with Crippen molar-refractivity contribution >= 4 is 22.8 Å². The molecule has 0 unspecified atom stereocenters. The van der Waals surface area contributed by atoms with Gasteiger partial charge in [-0.2, -0.15) is 5.10 Å². The lowest BCUT2D eigenvalue weighted by Crippen LogP contribution is -2.42. The molecule has 6 nitrogen and oxygen atoms in total. The summed E-state index contributed by atoms with van der Waals surface area (Å²) in [5.74, 6) is 0.534. The molecule has 1 fully saturated rings.